The normalized spacial score (nSPS) is 16.3. The van der Waals surface area contributed by atoms with E-state index in [4.69, 9.17) is 0 Å². The van der Waals surface area contributed by atoms with Crippen molar-refractivity contribution in [1.29, 1.82) is 0 Å². The maximum Gasteiger partial charge on any atom is 0.223 e. The van der Waals surface area contributed by atoms with Crippen LogP contribution in [0.4, 0.5) is 0 Å². The Hall–Kier alpha value is -2.21. The lowest BCUT2D eigenvalue weighted by atomic mass is 9.95. The molecule has 0 spiro atoms. The molecule has 0 saturated carbocycles. The van der Waals surface area contributed by atoms with Gasteiger partial charge in [-0.3, -0.25) is 14.3 Å². The van der Waals surface area contributed by atoms with Gasteiger partial charge in [0.25, 0.3) is 0 Å². The molecule has 1 aromatic heterocycles. The molecular weight excluding hydrogens is 314 g/mol. The average molecular weight is 341 g/mol. The summed E-state index contributed by atoms with van der Waals surface area (Å²) < 4.78 is 2.03. The van der Waals surface area contributed by atoms with E-state index < -0.39 is 0 Å². The molecule has 0 aliphatic carbocycles. The number of benzene rings is 1. The van der Waals surface area contributed by atoms with Crippen molar-refractivity contribution in [1.82, 2.24) is 25.0 Å². The third-order valence-electron chi connectivity index (χ3n) is 4.66. The van der Waals surface area contributed by atoms with Gasteiger partial charge in [-0.15, -0.1) is 10.2 Å². The van der Waals surface area contributed by atoms with Gasteiger partial charge in [-0.25, -0.2) is 0 Å². The molecule has 134 valence electrons. The second-order valence-corrected chi connectivity index (χ2v) is 7.14. The minimum absolute atomic E-state index is 0.141. The Labute approximate surface area is 149 Å². The van der Waals surface area contributed by atoms with E-state index in [0.717, 1.165) is 50.5 Å². The lowest BCUT2D eigenvalue weighted by Crippen LogP contribution is -2.41. The van der Waals surface area contributed by atoms with Gasteiger partial charge in [-0.2, -0.15) is 0 Å². The topological polar surface area (TPSA) is 63.1 Å². The highest BCUT2D eigenvalue weighted by Gasteiger charge is 2.25. The van der Waals surface area contributed by atoms with E-state index in [2.05, 4.69) is 46.4 Å². The quantitative estimate of drug-likeness (QED) is 0.875. The Bertz CT molecular complexity index is 674. The van der Waals surface area contributed by atoms with Crippen LogP contribution in [0.1, 0.15) is 32.5 Å². The van der Waals surface area contributed by atoms with Gasteiger partial charge < -0.3 is 5.32 Å². The van der Waals surface area contributed by atoms with Crippen molar-refractivity contribution in [3.63, 3.8) is 0 Å². The Morgan fingerprint density at radius 2 is 1.96 bits per heavy atom. The number of aromatic nitrogens is 3. The molecule has 2 heterocycles. The molecule has 2 aromatic rings. The van der Waals surface area contributed by atoms with Crippen molar-refractivity contribution in [2.24, 2.45) is 11.8 Å². The van der Waals surface area contributed by atoms with Gasteiger partial charge in [0, 0.05) is 18.2 Å². The molecule has 6 nitrogen and oxygen atoms in total. The molecule has 1 saturated heterocycles. The smallest absolute Gasteiger partial charge is 0.223 e. The van der Waals surface area contributed by atoms with E-state index in [1.54, 1.807) is 6.33 Å². The van der Waals surface area contributed by atoms with Crippen LogP contribution in [0.15, 0.2) is 36.7 Å². The second kappa shape index (κ2) is 8.25. The van der Waals surface area contributed by atoms with Crippen molar-refractivity contribution in [3.05, 3.63) is 42.5 Å². The van der Waals surface area contributed by atoms with E-state index in [-0.39, 0.29) is 11.8 Å². The molecule has 1 N–H and O–H groups in total. The predicted molar refractivity (Wildman–Crippen MR) is 97.2 cm³/mol. The number of hydrogen-bond acceptors (Lipinski definition) is 4. The van der Waals surface area contributed by atoms with Crippen molar-refractivity contribution in [2.75, 3.05) is 19.6 Å². The van der Waals surface area contributed by atoms with Crippen LogP contribution in [-0.4, -0.2) is 45.2 Å². The monoisotopic (exact) mass is 341 g/mol. The van der Waals surface area contributed by atoms with Crippen LogP contribution in [-0.2, 0) is 11.3 Å². The summed E-state index contributed by atoms with van der Waals surface area (Å²) in [6.07, 6.45) is 3.57. The van der Waals surface area contributed by atoms with Crippen molar-refractivity contribution < 1.29 is 4.79 Å². The SMILES string of the molecule is CC(C)CNC(=O)C1CCN(Cc2nncn2-c2ccccc2)CC1. The number of carbonyl (C=O) groups excluding carboxylic acids is 1. The van der Waals surface area contributed by atoms with E-state index in [9.17, 15) is 4.79 Å². The fourth-order valence-electron chi connectivity index (χ4n) is 3.17. The fourth-order valence-corrected chi connectivity index (χ4v) is 3.17. The minimum Gasteiger partial charge on any atom is -0.356 e. The zero-order chi connectivity index (χ0) is 17.6. The zero-order valence-corrected chi connectivity index (χ0v) is 15.1. The van der Waals surface area contributed by atoms with Crippen LogP contribution in [0.3, 0.4) is 0 Å². The Morgan fingerprint density at radius 3 is 2.64 bits per heavy atom. The summed E-state index contributed by atoms with van der Waals surface area (Å²) in [5, 5.41) is 11.4. The molecule has 0 radical (unpaired) electrons. The largest absolute Gasteiger partial charge is 0.356 e. The molecule has 0 unspecified atom stereocenters. The minimum atomic E-state index is 0.141. The maximum absolute atomic E-state index is 12.2. The highest BCUT2D eigenvalue weighted by atomic mass is 16.1. The Balaban J connectivity index is 1.53. The molecule has 25 heavy (non-hydrogen) atoms. The third kappa shape index (κ3) is 4.66. The number of rotatable bonds is 6. The molecule has 1 aliphatic rings. The number of hydrogen-bond donors (Lipinski definition) is 1. The number of nitrogens with one attached hydrogen (secondary N) is 1. The summed E-state index contributed by atoms with van der Waals surface area (Å²) in [6.45, 7) is 7.59. The van der Waals surface area contributed by atoms with Crippen molar-refractivity contribution >= 4 is 5.91 Å². The molecule has 1 fully saturated rings. The highest BCUT2D eigenvalue weighted by Crippen LogP contribution is 2.19. The second-order valence-electron chi connectivity index (χ2n) is 7.14. The summed E-state index contributed by atoms with van der Waals surface area (Å²) in [5.74, 6) is 1.78. The Kier molecular flexibility index (Phi) is 5.81. The van der Waals surface area contributed by atoms with Crippen LogP contribution >= 0.6 is 0 Å². The summed E-state index contributed by atoms with van der Waals surface area (Å²) in [4.78, 5) is 14.6. The molecular formula is C19H27N5O. The van der Waals surface area contributed by atoms with Gasteiger partial charge in [0.15, 0.2) is 5.82 Å². The molecule has 1 amide bonds. The number of amides is 1. The van der Waals surface area contributed by atoms with Crippen LogP contribution in [0.2, 0.25) is 0 Å². The van der Waals surface area contributed by atoms with Gasteiger partial charge in [-0.1, -0.05) is 32.0 Å². The molecule has 3 rings (SSSR count). The van der Waals surface area contributed by atoms with Gasteiger partial charge in [-0.05, 0) is 44.0 Å². The number of para-hydroxylation sites is 1. The first-order valence-corrected chi connectivity index (χ1v) is 9.08. The molecule has 0 bridgehead atoms. The maximum atomic E-state index is 12.2. The molecule has 1 aliphatic heterocycles. The van der Waals surface area contributed by atoms with Crippen LogP contribution in [0, 0.1) is 11.8 Å². The number of likely N-dealkylation sites (tertiary alicyclic amines) is 1. The van der Waals surface area contributed by atoms with E-state index in [1.165, 1.54) is 0 Å². The van der Waals surface area contributed by atoms with Crippen molar-refractivity contribution in [2.45, 2.75) is 33.2 Å². The first kappa shape index (κ1) is 17.6. The van der Waals surface area contributed by atoms with Gasteiger partial charge in [0.05, 0.1) is 6.54 Å². The first-order valence-electron chi connectivity index (χ1n) is 9.08. The zero-order valence-electron chi connectivity index (χ0n) is 15.1. The molecule has 0 atom stereocenters. The molecule has 6 heteroatoms. The first-order chi connectivity index (χ1) is 12.1. The van der Waals surface area contributed by atoms with E-state index in [0.29, 0.717) is 5.92 Å². The van der Waals surface area contributed by atoms with Crippen LogP contribution in [0.25, 0.3) is 5.69 Å². The van der Waals surface area contributed by atoms with Crippen LogP contribution in [0.5, 0.6) is 0 Å². The van der Waals surface area contributed by atoms with E-state index >= 15 is 0 Å². The standard InChI is InChI=1S/C19H27N5O/c1-15(2)12-20-19(25)16-8-10-23(11-9-16)13-18-22-21-14-24(18)17-6-4-3-5-7-17/h3-7,14-16H,8-13H2,1-2H3,(H,20,25). The van der Waals surface area contributed by atoms with Gasteiger partial charge >= 0.3 is 0 Å². The number of nitrogens with zero attached hydrogens (tertiary/aromatic N) is 4. The average Bonchev–Trinajstić information content (AvgIpc) is 3.09. The predicted octanol–water partition coefficient (Wildman–Crippen LogP) is 2.25. The lowest BCUT2D eigenvalue weighted by molar-refractivity contribution is -0.126. The van der Waals surface area contributed by atoms with Gasteiger partial charge in [0.1, 0.15) is 6.33 Å². The number of carbonyl (C=O) groups is 1. The summed E-state index contributed by atoms with van der Waals surface area (Å²) in [5.41, 5.74) is 1.07. The molecule has 1 aromatic carbocycles. The van der Waals surface area contributed by atoms with Crippen molar-refractivity contribution in [3.8, 4) is 5.69 Å². The Morgan fingerprint density at radius 1 is 1.24 bits per heavy atom. The number of piperidine rings is 1. The van der Waals surface area contributed by atoms with E-state index in [1.807, 2.05) is 22.8 Å². The van der Waals surface area contributed by atoms with Gasteiger partial charge in [0.2, 0.25) is 5.91 Å². The van der Waals surface area contributed by atoms with Crippen LogP contribution < -0.4 is 5.32 Å². The lowest BCUT2D eigenvalue weighted by Gasteiger charge is -2.31. The summed E-state index contributed by atoms with van der Waals surface area (Å²) in [7, 11) is 0. The summed E-state index contributed by atoms with van der Waals surface area (Å²) in [6, 6.07) is 10.1. The third-order valence-corrected chi connectivity index (χ3v) is 4.66. The fraction of sp³-hybridized carbons (Fsp3) is 0.526. The summed E-state index contributed by atoms with van der Waals surface area (Å²) >= 11 is 0. The highest BCUT2D eigenvalue weighted by molar-refractivity contribution is 5.78.